The molecule has 0 aromatic carbocycles. The maximum atomic E-state index is 3.73. The zero-order valence-corrected chi connectivity index (χ0v) is 10.6. The lowest BCUT2D eigenvalue weighted by Gasteiger charge is -2.39. The van der Waals surface area contributed by atoms with Crippen molar-refractivity contribution in [3.63, 3.8) is 0 Å². The molecule has 1 aliphatic heterocycles. The zero-order valence-electron chi connectivity index (χ0n) is 10.6. The third-order valence-electron chi connectivity index (χ3n) is 4.11. The van der Waals surface area contributed by atoms with Crippen molar-refractivity contribution in [2.45, 2.75) is 45.1 Å². The largest absolute Gasteiger partial charge is 0.311 e. The molecule has 0 amide bonds. The first-order chi connectivity index (χ1) is 7.90. The van der Waals surface area contributed by atoms with Crippen LogP contribution in [0.4, 0.5) is 0 Å². The molecule has 2 fully saturated rings. The van der Waals surface area contributed by atoms with E-state index < -0.39 is 0 Å². The van der Waals surface area contributed by atoms with Crippen molar-refractivity contribution in [2.24, 2.45) is 5.92 Å². The lowest BCUT2D eigenvalue weighted by Crippen LogP contribution is -2.53. The van der Waals surface area contributed by atoms with Crippen LogP contribution in [0, 0.1) is 5.92 Å². The second kappa shape index (κ2) is 6.41. The molecule has 1 atom stereocenters. The van der Waals surface area contributed by atoms with Gasteiger partial charge >= 0.3 is 0 Å². The molecule has 92 valence electrons. The summed E-state index contributed by atoms with van der Waals surface area (Å²) in [5, 5.41) is 3.73. The molecule has 1 saturated carbocycles. The monoisotopic (exact) mass is 222 g/mol. The predicted molar refractivity (Wildman–Crippen MR) is 69.6 cm³/mol. The summed E-state index contributed by atoms with van der Waals surface area (Å²) < 4.78 is 0. The molecule has 0 aromatic rings. The van der Waals surface area contributed by atoms with Gasteiger partial charge in [-0.1, -0.05) is 31.4 Å². The number of nitrogens with zero attached hydrogens (tertiary/aromatic N) is 1. The van der Waals surface area contributed by atoms with Gasteiger partial charge in [0.25, 0.3) is 0 Å². The van der Waals surface area contributed by atoms with Crippen molar-refractivity contribution in [1.29, 1.82) is 0 Å². The van der Waals surface area contributed by atoms with E-state index in [4.69, 9.17) is 0 Å². The number of piperazine rings is 1. The first-order valence-corrected chi connectivity index (χ1v) is 6.97. The van der Waals surface area contributed by atoms with Gasteiger partial charge in [-0.05, 0) is 25.7 Å². The molecule has 2 aliphatic rings. The highest BCUT2D eigenvalue weighted by Gasteiger charge is 2.27. The fraction of sp³-hybridized carbons (Fsp3) is 0.857. The van der Waals surface area contributed by atoms with Crippen LogP contribution in [-0.4, -0.2) is 37.1 Å². The van der Waals surface area contributed by atoms with Crippen LogP contribution in [0.2, 0.25) is 0 Å². The third kappa shape index (κ3) is 3.33. The molecule has 1 N–H and O–H groups in total. The summed E-state index contributed by atoms with van der Waals surface area (Å²) in [6.07, 6.45) is 11.7. The molecule has 2 rings (SSSR count). The van der Waals surface area contributed by atoms with E-state index >= 15 is 0 Å². The predicted octanol–water partition coefficient (Wildman–Crippen LogP) is 2.42. The van der Waals surface area contributed by atoms with Gasteiger partial charge in [0.2, 0.25) is 0 Å². The topological polar surface area (TPSA) is 15.3 Å². The molecule has 16 heavy (non-hydrogen) atoms. The van der Waals surface area contributed by atoms with E-state index in [0.717, 1.165) is 18.5 Å². The Hall–Kier alpha value is -0.340. The number of allylic oxidation sites excluding steroid dienone is 1. The lowest BCUT2D eigenvalue weighted by atomic mass is 9.83. The summed E-state index contributed by atoms with van der Waals surface area (Å²) in [6, 6.07) is 0.763. The van der Waals surface area contributed by atoms with Crippen LogP contribution in [0.3, 0.4) is 0 Å². The highest BCUT2D eigenvalue weighted by molar-refractivity contribution is 4.89. The lowest BCUT2D eigenvalue weighted by molar-refractivity contribution is 0.157. The van der Waals surface area contributed by atoms with Crippen LogP contribution in [0.1, 0.15) is 39.0 Å². The molecule has 0 spiro atoms. The molecule has 1 saturated heterocycles. The van der Waals surface area contributed by atoms with E-state index in [2.05, 4.69) is 29.3 Å². The Kier molecular flexibility index (Phi) is 4.86. The van der Waals surface area contributed by atoms with Crippen LogP contribution >= 0.6 is 0 Å². The SMILES string of the molecule is C/C=C/CN1CCNC(C2CCCCC2)C1. The first-order valence-electron chi connectivity index (χ1n) is 6.97. The summed E-state index contributed by atoms with van der Waals surface area (Å²) in [5.74, 6) is 0.946. The minimum absolute atomic E-state index is 0.763. The molecule has 0 bridgehead atoms. The fourth-order valence-corrected chi connectivity index (χ4v) is 3.11. The number of rotatable bonds is 3. The average Bonchev–Trinajstić information content (AvgIpc) is 2.38. The minimum Gasteiger partial charge on any atom is -0.311 e. The molecule has 1 heterocycles. The van der Waals surface area contributed by atoms with Crippen molar-refractivity contribution in [3.05, 3.63) is 12.2 Å². The van der Waals surface area contributed by atoms with E-state index in [9.17, 15) is 0 Å². The second-order valence-corrected chi connectivity index (χ2v) is 5.29. The number of hydrogen-bond acceptors (Lipinski definition) is 2. The number of hydrogen-bond donors (Lipinski definition) is 1. The van der Waals surface area contributed by atoms with E-state index in [1.165, 1.54) is 51.7 Å². The summed E-state index contributed by atoms with van der Waals surface area (Å²) >= 11 is 0. The highest BCUT2D eigenvalue weighted by atomic mass is 15.2. The van der Waals surface area contributed by atoms with Crippen LogP contribution < -0.4 is 5.32 Å². The van der Waals surface area contributed by atoms with Gasteiger partial charge < -0.3 is 5.32 Å². The van der Waals surface area contributed by atoms with Crippen molar-refractivity contribution < 1.29 is 0 Å². The summed E-state index contributed by atoms with van der Waals surface area (Å²) in [6.45, 7) is 6.91. The molecule has 2 heteroatoms. The Morgan fingerprint density at radius 3 is 2.81 bits per heavy atom. The Morgan fingerprint density at radius 1 is 1.25 bits per heavy atom. The van der Waals surface area contributed by atoms with Gasteiger partial charge in [-0.15, -0.1) is 0 Å². The highest BCUT2D eigenvalue weighted by Crippen LogP contribution is 2.27. The summed E-state index contributed by atoms with van der Waals surface area (Å²) in [5.41, 5.74) is 0. The van der Waals surface area contributed by atoms with E-state index in [0.29, 0.717) is 0 Å². The Balaban J connectivity index is 1.80. The van der Waals surface area contributed by atoms with E-state index in [1.54, 1.807) is 0 Å². The van der Waals surface area contributed by atoms with Crippen LogP contribution in [0.25, 0.3) is 0 Å². The third-order valence-corrected chi connectivity index (χ3v) is 4.11. The van der Waals surface area contributed by atoms with Gasteiger partial charge in [0.15, 0.2) is 0 Å². The molecule has 1 aliphatic carbocycles. The van der Waals surface area contributed by atoms with Gasteiger partial charge in [-0.2, -0.15) is 0 Å². The first kappa shape index (κ1) is 12.1. The normalized spacial score (nSPS) is 29.9. The fourth-order valence-electron chi connectivity index (χ4n) is 3.11. The second-order valence-electron chi connectivity index (χ2n) is 5.29. The van der Waals surface area contributed by atoms with Crippen molar-refractivity contribution in [1.82, 2.24) is 10.2 Å². The molecule has 2 nitrogen and oxygen atoms in total. The molecular weight excluding hydrogens is 196 g/mol. The standard InChI is InChI=1S/C14H26N2/c1-2-3-10-16-11-9-15-14(12-16)13-7-5-4-6-8-13/h2-3,13-15H,4-12H2,1H3/b3-2+. The van der Waals surface area contributed by atoms with Crippen molar-refractivity contribution >= 4 is 0 Å². The van der Waals surface area contributed by atoms with Crippen molar-refractivity contribution in [2.75, 3.05) is 26.2 Å². The summed E-state index contributed by atoms with van der Waals surface area (Å²) in [7, 11) is 0. The van der Waals surface area contributed by atoms with E-state index in [-0.39, 0.29) is 0 Å². The molecular formula is C14H26N2. The maximum absolute atomic E-state index is 3.73. The maximum Gasteiger partial charge on any atom is 0.0223 e. The van der Waals surface area contributed by atoms with E-state index in [1.807, 2.05) is 0 Å². The minimum atomic E-state index is 0.763. The van der Waals surface area contributed by atoms with Crippen LogP contribution in [-0.2, 0) is 0 Å². The Labute approximate surface area is 100 Å². The van der Waals surface area contributed by atoms with Crippen LogP contribution in [0.5, 0.6) is 0 Å². The molecule has 0 radical (unpaired) electrons. The summed E-state index contributed by atoms with van der Waals surface area (Å²) in [4.78, 5) is 2.59. The van der Waals surface area contributed by atoms with Gasteiger partial charge in [-0.3, -0.25) is 4.90 Å². The van der Waals surface area contributed by atoms with Gasteiger partial charge in [0.05, 0.1) is 0 Å². The van der Waals surface area contributed by atoms with Crippen LogP contribution in [0.15, 0.2) is 12.2 Å². The molecule has 1 unspecified atom stereocenters. The van der Waals surface area contributed by atoms with Gasteiger partial charge in [0.1, 0.15) is 0 Å². The smallest absolute Gasteiger partial charge is 0.0223 e. The van der Waals surface area contributed by atoms with Gasteiger partial charge in [-0.25, -0.2) is 0 Å². The average molecular weight is 222 g/mol. The number of nitrogens with one attached hydrogen (secondary N) is 1. The zero-order chi connectivity index (χ0) is 11.2. The van der Waals surface area contributed by atoms with Crippen molar-refractivity contribution in [3.8, 4) is 0 Å². The van der Waals surface area contributed by atoms with Gasteiger partial charge in [0, 0.05) is 32.2 Å². The Morgan fingerprint density at radius 2 is 2.06 bits per heavy atom. The Bertz CT molecular complexity index is 219. The quantitative estimate of drug-likeness (QED) is 0.738. The molecule has 0 aromatic heterocycles.